The Morgan fingerprint density at radius 2 is 1.53 bits per heavy atom. The lowest BCUT2D eigenvalue weighted by Crippen LogP contribution is -2.54. The van der Waals surface area contributed by atoms with Crippen molar-refractivity contribution in [1.29, 1.82) is 5.26 Å². The fraction of sp³-hybridized carbons (Fsp3) is 0.500. The number of carbonyl (C=O) groups excluding carboxylic acids is 4. The number of amides is 4. The number of nitrogens with zero attached hydrogens (tertiary/aromatic N) is 7. The molecule has 6 aliphatic rings. The van der Waals surface area contributed by atoms with E-state index in [9.17, 15) is 24.4 Å². The Hall–Kier alpha value is -5.75. The van der Waals surface area contributed by atoms with Gasteiger partial charge in [-0.05, 0) is 147 Å². The molecule has 70 heavy (non-hydrogen) atoms. The van der Waals surface area contributed by atoms with Gasteiger partial charge in [-0.1, -0.05) is 37.6 Å². The number of carbonyl (C=O) groups is 4. The molecule has 4 aromatic rings. The minimum absolute atomic E-state index is 0.103. The molecule has 0 radical (unpaired) electrons. The van der Waals surface area contributed by atoms with Crippen LogP contribution in [0.2, 0.25) is 5.02 Å². The summed E-state index contributed by atoms with van der Waals surface area (Å²) in [6.07, 6.45) is 9.37. The van der Waals surface area contributed by atoms with E-state index in [0.29, 0.717) is 57.7 Å². The van der Waals surface area contributed by atoms with Gasteiger partial charge in [0.1, 0.15) is 31.1 Å². The molecule has 10 rings (SSSR count). The molecule has 5 fully saturated rings. The summed E-state index contributed by atoms with van der Waals surface area (Å²) in [5.74, 6) is 3.85. The van der Waals surface area contributed by atoms with Crippen LogP contribution in [0.1, 0.15) is 108 Å². The van der Waals surface area contributed by atoms with Gasteiger partial charge in [0.05, 0.1) is 33.3 Å². The number of nitrogens with one attached hydrogen (secondary N) is 1. The number of fused-ring (bicyclic) bond motifs is 2. The third kappa shape index (κ3) is 9.69. The van der Waals surface area contributed by atoms with Crippen molar-refractivity contribution in [3.05, 3.63) is 105 Å². The second kappa shape index (κ2) is 20.2. The van der Waals surface area contributed by atoms with Gasteiger partial charge in [-0.25, -0.2) is 9.97 Å². The van der Waals surface area contributed by atoms with Crippen LogP contribution in [-0.4, -0.2) is 108 Å². The van der Waals surface area contributed by atoms with Crippen molar-refractivity contribution in [1.82, 2.24) is 25.1 Å². The largest absolute Gasteiger partial charge is 0.489 e. The van der Waals surface area contributed by atoms with Crippen molar-refractivity contribution in [2.75, 3.05) is 68.1 Å². The number of aromatic nitrogens is 2. The quantitative estimate of drug-likeness (QED) is 0.0959. The Morgan fingerprint density at radius 1 is 0.800 bits per heavy atom. The smallest absolute Gasteiger partial charge is 0.262 e. The molecular weight excluding hydrogens is 928 g/mol. The van der Waals surface area contributed by atoms with Crippen LogP contribution in [0.15, 0.2) is 66.9 Å². The van der Waals surface area contributed by atoms with Gasteiger partial charge < -0.3 is 24.2 Å². The highest BCUT2D eigenvalue weighted by atomic mass is 35.5. The molecule has 0 spiro atoms. The van der Waals surface area contributed by atoms with E-state index >= 15 is 0 Å². The number of anilines is 2. The predicted molar refractivity (Wildman–Crippen MR) is 266 cm³/mol. The first-order chi connectivity index (χ1) is 33.9. The first kappa shape index (κ1) is 47.9. The van der Waals surface area contributed by atoms with Crippen molar-refractivity contribution >= 4 is 58.5 Å². The number of benzene rings is 3. The van der Waals surface area contributed by atoms with Gasteiger partial charge in [0.15, 0.2) is 5.75 Å². The molecule has 1 saturated carbocycles. The summed E-state index contributed by atoms with van der Waals surface area (Å²) in [4.78, 5) is 68.8. The maximum atomic E-state index is 13.4. The molecule has 5 aliphatic heterocycles. The number of ether oxygens (including phenoxy) is 2. The molecule has 4 amide bonds. The van der Waals surface area contributed by atoms with Gasteiger partial charge in [-0.2, -0.15) is 5.26 Å². The molecule has 1 N–H and O–H groups in total. The topological polar surface area (TPSA) is 161 Å². The maximum Gasteiger partial charge on any atom is 0.262 e. The van der Waals surface area contributed by atoms with Crippen LogP contribution in [0.5, 0.6) is 11.5 Å². The Morgan fingerprint density at radius 3 is 2.23 bits per heavy atom. The van der Waals surface area contributed by atoms with Gasteiger partial charge in [0.25, 0.3) is 11.8 Å². The summed E-state index contributed by atoms with van der Waals surface area (Å²) in [6.45, 7) is 12.1. The summed E-state index contributed by atoms with van der Waals surface area (Å²) in [7, 11) is 0. The summed E-state index contributed by atoms with van der Waals surface area (Å²) in [5.41, 5.74) is 4.32. The third-order valence-corrected chi connectivity index (χ3v) is 16.6. The number of rotatable bonds is 14. The molecule has 6 heterocycles. The van der Waals surface area contributed by atoms with Gasteiger partial charge in [-0.3, -0.25) is 29.4 Å². The Kier molecular flexibility index (Phi) is 13.8. The van der Waals surface area contributed by atoms with Crippen LogP contribution in [-0.2, 0) is 21.6 Å². The first-order valence-electron chi connectivity index (χ1n) is 24.9. The highest BCUT2D eigenvalue weighted by Crippen LogP contribution is 2.47. The lowest BCUT2D eigenvalue weighted by atomic mass is 9.77. The third-order valence-electron chi connectivity index (χ3n) is 16.2. The Bertz CT molecular complexity index is 2680. The van der Waals surface area contributed by atoms with Crippen LogP contribution in [0.3, 0.4) is 0 Å². The molecule has 4 atom stereocenters. The molecule has 1 aromatic heterocycles. The average molecular weight is 988 g/mol. The molecular formula is C54H60Cl2N8O6. The fourth-order valence-electron chi connectivity index (χ4n) is 12.1. The predicted octanol–water partition coefficient (Wildman–Crippen LogP) is 8.02. The van der Waals surface area contributed by atoms with Crippen LogP contribution >= 0.6 is 23.2 Å². The fourth-order valence-corrected chi connectivity index (χ4v) is 12.5. The highest BCUT2D eigenvalue weighted by molar-refractivity contribution is 6.32. The van der Waals surface area contributed by atoms with Crippen molar-refractivity contribution in [2.24, 2.45) is 29.6 Å². The summed E-state index contributed by atoms with van der Waals surface area (Å²) < 4.78 is 11.9. The van der Waals surface area contributed by atoms with Gasteiger partial charge in [0.2, 0.25) is 17.8 Å². The van der Waals surface area contributed by atoms with Crippen molar-refractivity contribution in [3.63, 3.8) is 0 Å². The maximum absolute atomic E-state index is 13.4. The number of alkyl halides is 1. The second-order valence-electron chi connectivity index (χ2n) is 20.7. The number of hydrogen-bond donors (Lipinski definition) is 1. The van der Waals surface area contributed by atoms with E-state index in [1.165, 1.54) is 38.8 Å². The van der Waals surface area contributed by atoms with Crippen LogP contribution < -0.4 is 24.6 Å². The molecule has 0 bridgehead atoms. The zero-order valence-corrected chi connectivity index (χ0v) is 41.4. The van der Waals surface area contributed by atoms with Crippen LogP contribution in [0, 0.1) is 40.9 Å². The molecule has 2 unspecified atom stereocenters. The molecule has 1 aliphatic carbocycles. The number of piperidine rings is 3. The van der Waals surface area contributed by atoms with Crippen LogP contribution in [0.4, 0.5) is 11.6 Å². The van der Waals surface area contributed by atoms with Gasteiger partial charge in [-0.15, -0.1) is 11.6 Å². The molecule has 366 valence electrons. The normalized spacial score (nSPS) is 23.4. The van der Waals surface area contributed by atoms with E-state index in [1.54, 1.807) is 6.07 Å². The molecule has 14 nitrogen and oxygen atoms in total. The SMILES string of the molecule is CC(C)(c1ccc(OCc2ccnc(N3C[C@H]4CC(C5CCN(CC6CCN(c7ccc8c(c7)C(=O)N(C7CCC(=O)NC7=O)C8=O)CC6)CC5)C[C@H]4C3)n2)cc1)c1cc(Cl)c(OCCCl)c(C#N)c1. The first-order valence-corrected chi connectivity index (χ1v) is 25.8. The van der Waals surface area contributed by atoms with E-state index in [2.05, 4.69) is 39.9 Å². The van der Waals surface area contributed by atoms with E-state index in [1.807, 2.05) is 60.8 Å². The number of likely N-dealkylation sites (tertiary alicyclic amines) is 1. The zero-order chi connectivity index (χ0) is 48.7. The van der Waals surface area contributed by atoms with E-state index in [-0.39, 0.29) is 25.4 Å². The zero-order valence-electron chi connectivity index (χ0n) is 39.9. The van der Waals surface area contributed by atoms with Crippen molar-refractivity contribution in [2.45, 2.75) is 83.3 Å². The van der Waals surface area contributed by atoms with E-state index < -0.39 is 29.2 Å². The van der Waals surface area contributed by atoms with Crippen LogP contribution in [0.25, 0.3) is 0 Å². The lowest BCUT2D eigenvalue weighted by Gasteiger charge is -2.39. The van der Waals surface area contributed by atoms with E-state index in [4.69, 9.17) is 42.6 Å². The second-order valence-corrected chi connectivity index (χ2v) is 21.5. The molecule has 4 saturated heterocycles. The monoisotopic (exact) mass is 986 g/mol. The number of nitriles is 1. The lowest BCUT2D eigenvalue weighted by molar-refractivity contribution is -0.136. The highest BCUT2D eigenvalue weighted by Gasteiger charge is 2.46. The summed E-state index contributed by atoms with van der Waals surface area (Å²) in [5, 5.41) is 12.5. The minimum Gasteiger partial charge on any atom is -0.489 e. The number of imide groups is 2. The summed E-state index contributed by atoms with van der Waals surface area (Å²) >= 11 is 12.4. The molecule has 3 aromatic carbocycles. The standard InChI is InChI=1S/C54H60Cl2N8O6/c1-54(2,40-25-36(28-57)49(46(56)26-40)69-22-16-55)39-3-6-43(7-4-39)70-32-41-11-17-58-53(59-41)63-30-37-23-35(24-38(37)31-63)34-14-18-61(19-15-34)29-33-12-20-62(21-13-33)42-5-8-44-45(27-42)52(68)64(51(44)67)47-9-10-48(65)60-50(47)66/h3-8,11,17,25-27,33-35,37-38,47H,9-10,12-16,18-24,29-32H2,1-2H3,(H,60,65,66)/t35?,37-,38+,47?. The average Bonchev–Trinajstić information content (AvgIpc) is 4.03. The summed E-state index contributed by atoms with van der Waals surface area (Å²) in [6, 6.07) is 20.3. The van der Waals surface area contributed by atoms with E-state index in [0.717, 1.165) is 96.5 Å². The number of halogens is 2. The number of hydrogen-bond acceptors (Lipinski definition) is 12. The minimum atomic E-state index is -0.959. The Balaban J connectivity index is 0.652. The molecule has 16 heteroatoms. The Labute approximate surface area is 419 Å². The van der Waals surface area contributed by atoms with Crippen molar-refractivity contribution < 1.29 is 28.7 Å². The van der Waals surface area contributed by atoms with Crippen molar-refractivity contribution in [3.8, 4) is 17.6 Å². The van der Waals surface area contributed by atoms with Gasteiger partial charge in [0, 0.05) is 56.4 Å². The van der Waals surface area contributed by atoms with Gasteiger partial charge >= 0.3 is 0 Å².